The molecule has 0 saturated heterocycles. The average molecular weight is 304 g/mol. The molecule has 0 aliphatic carbocycles. The molecule has 0 saturated carbocycles. The number of hydrogen-bond acceptors (Lipinski definition) is 3. The number of hydrogen-bond donors (Lipinski definition) is 1. The van der Waals surface area contributed by atoms with Gasteiger partial charge >= 0.3 is 0 Å². The molecule has 1 amide bonds. The minimum atomic E-state index is -0.286. The first-order valence-corrected chi connectivity index (χ1v) is 6.82. The zero-order valence-electron chi connectivity index (χ0n) is 11.4. The van der Waals surface area contributed by atoms with Crippen LogP contribution in [0.4, 0.5) is 5.69 Å². The van der Waals surface area contributed by atoms with E-state index in [2.05, 4.69) is 5.32 Å². The summed E-state index contributed by atoms with van der Waals surface area (Å²) >= 11 is 5.41. The summed E-state index contributed by atoms with van der Waals surface area (Å²) < 4.78 is 5.06. The van der Waals surface area contributed by atoms with Crippen molar-refractivity contribution >= 4 is 29.0 Å². The fourth-order valence-corrected chi connectivity index (χ4v) is 1.88. The number of nitrogens with one attached hydrogen (secondary N) is 1. The van der Waals surface area contributed by atoms with Crippen molar-refractivity contribution in [1.29, 1.82) is 0 Å². The summed E-state index contributed by atoms with van der Waals surface area (Å²) in [6.07, 6.45) is 0. The van der Waals surface area contributed by atoms with Crippen molar-refractivity contribution < 1.29 is 14.3 Å². The number of ketones is 1. The van der Waals surface area contributed by atoms with E-state index in [-0.39, 0.29) is 17.6 Å². The Morgan fingerprint density at radius 1 is 1.00 bits per heavy atom. The largest absolute Gasteiger partial charge is 0.497 e. The van der Waals surface area contributed by atoms with E-state index in [1.54, 1.807) is 55.6 Å². The van der Waals surface area contributed by atoms with Crippen LogP contribution in [0, 0.1) is 0 Å². The molecule has 0 radical (unpaired) electrons. The molecule has 5 heteroatoms. The minimum Gasteiger partial charge on any atom is -0.497 e. The Hall–Kier alpha value is -2.33. The number of amides is 1. The van der Waals surface area contributed by atoms with Gasteiger partial charge in [-0.05, 0) is 48.5 Å². The van der Waals surface area contributed by atoms with Gasteiger partial charge in [0.05, 0.1) is 7.11 Å². The molecule has 0 atom stereocenters. The van der Waals surface area contributed by atoms with Gasteiger partial charge in [-0.3, -0.25) is 9.59 Å². The molecular formula is C16H14ClNO3. The number of benzene rings is 2. The van der Waals surface area contributed by atoms with Gasteiger partial charge in [-0.25, -0.2) is 0 Å². The number of rotatable bonds is 5. The number of anilines is 1. The third-order valence-corrected chi connectivity index (χ3v) is 3.15. The maximum Gasteiger partial charge on any atom is 0.239 e. The molecule has 21 heavy (non-hydrogen) atoms. The predicted octanol–water partition coefficient (Wildman–Crippen LogP) is 3.10. The van der Waals surface area contributed by atoms with Gasteiger partial charge in [-0.1, -0.05) is 0 Å². The molecule has 0 fully saturated rings. The van der Waals surface area contributed by atoms with Crippen molar-refractivity contribution in [3.63, 3.8) is 0 Å². The van der Waals surface area contributed by atoms with E-state index in [0.717, 1.165) is 0 Å². The zero-order chi connectivity index (χ0) is 15.2. The Labute approximate surface area is 127 Å². The molecule has 2 aromatic rings. The van der Waals surface area contributed by atoms with E-state index in [1.165, 1.54) is 0 Å². The first kappa shape index (κ1) is 15.1. The van der Waals surface area contributed by atoms with Crippen LogP contribution in [0.25, 0.3) is 0 Å². The van der Waals surface area contributed by atoms with Crippen LogP contribution in [0.15, 0.2) is 48.5 Å². The fourth-order valence-electron chi connectivity index (χ4n) is 1.81. The summed E-state index contributed by atoms with van der Waals surface area (Å²) in [6.45, 7) is 0. The Balaban J connectivity index is 2.13. The van der Waals surface area contributed by atoms with Crippen molar-refractivity contribution in [3.05, 3.63) is 59.7 Å². The number of methoxy groups -OCH3 is 1. The van der Waals surface area contributed by atoms with Crippen molar-refractivity contribution in [2.24, 2.45) is 0 Å². The first-order valence-electron chi connectivity index (χ1n) is 6.28. The van der Waals surface area contributed by atoms with Crippen LogP contribution in [-0.4, -0.2) is 24.7 Å². The summed E-state index contributed by atoms with van der Waals surface area (Å²) in [4.78, 5) is 23.4. The lowest BCUT2D eigenvalue weighted by Gasteiger charge is -2.05. The maximum absolute atomic E-state index is 12.3. The number of carbonyl (C=O) groups excluding carboxylic acids is 2. The lowest BCUT2D eigenvalue weighted by atomic mass is 10.0. The van der Waals surface area contributed by atoms with Crippen LogP contribution in [0.1, 0.15) is 15.9 Å². The minimum absolute atomic E-state index is 0.0899. The van der Waals surface area contributed by atoms with Crippen molar-refractivity contribution in [3.8, 4) is 5.75 Å². The van der Waals surface area contributed by atoms with Crippen LogP contribution >= 0.6 is 11.6 Å². The zero-order valence-corrected chi connectivity index (χ0v) is 12.2. The molecule has 0 spiro atoms. The standard InChI is InChI=1S/C16H14ClNO3/c1-21-14-8-4-12(5-9-14)16(20)11-2-6-13(7-3-11)18-15(19)10-17/h2-9H,10H2,1H3,(H,18,19). The van der Waals surface area contributed by atoms with Crippen molar-refractivity contribution in [2.45, 2.75) is 0 Å². The topological polar surface area (TPSA) is 55.4 Å². The lowest BCUT2D eigenvalue weighted by molar-refractivity contribution is -0.113. The lowest BCUT2D eigenvalue weighted by Crippen LogP contribution is -2.12. The predicted molar refractivity (Wildman–Crippen MR) is 82.2 cm³/mol. The molecule has 4 nitrogen and oxygen atoms in total. The molecular weight excluding hydrogens is 290 g/mol. The van der Waals surface area contributed by atoms with Gasteiger partial charge in [0, 0.05) is 16.8 Å². The van der Waals surface area contributed by atoms with Crippen LogP contribution < -0.4 is 10.1 Å². The second-order valence-corrected chi connectivity index (χ2v) is 4.58. The monoisotopic (exact) mass is 303 g/mol. The smallest absolute Gasteiger partial charge is 0.239 e. The molecule has 108 valence electrons. The highest BCUT2D eigenvalue weighted by Gasteiger charge is 2.09. The molecule has 2 rings (SSSR count). The normalized spacial score (nSPS) is 10.0. The first-order chi connectivity index (χ1) is 10.1. The number of carbonyl (C=O) groups is 2. The van der Waals surface area contributed by atoms with Gasteiger partial charge in [-0.2, -0.15) is 0 Å². The number of alkyl halides is 1. The Bertz CT molecular complexity index is 636. The molecule has 0 heterocycles. The van der Waals surface area contributed by atoms with Crippen LogP contribution in [0.2, 0.25) is 0 Å². The van der Waals surface area contributed by atoms with Crippen LogP contribution in [0.5, 0.6) is 5.75 Å². The summed E-state index contributed by atoms with van der Waals surface area (Å²) in [6, 6.07) is 13.6. The van der Waals surface area contributed by atoms with Gasteiger partial charge in [0.1, 0.15) is 11.6 Å². The molecule has 0 bridgehead atoms. The molecule has 0 aliphatic rings. The summed E-state index contributed by atoms with van der Waals surface area (Å²) in [5.41, 5.74) is 1.73. The highest BCUT2D eigenvalue weighted by atomic mass is 35.5. The quantitative estimate of drug-likeness (QED) is 0.682. The van der Waals surface area contributed by atoms with E-state index in [0.29, 0.717) is 22.6 Å². The summed E-state index contributed by atoms with van der Waals surface area (Å²) in [7, 11) is 1.57. The van der Waals surface area contributed by atoms with Gasteiger partial charge < -0.3 is 10.1 Å². The third-order valence-electron chi connectivity index (χ3n) is 2.90. The van der Waals surface area contributed by atoms with E-state index in [9.17, 15) is 9.59 Å². The van der Waals surface area contributed by atoms with Crippen LogP contribution in [0.3, 0.4) is 0 Å². The van der Waals surface area contributed by atoms with E-state index < -0.39 is 0 Å². The third kappa shape index (κ3) is 3.83. The summed E-state index contributed by atoms with van der Waals surface area (Å²) in [5.74, 6) is 0.219. The van der Waals surface area contributed by atoms with Gasteiger partial charge in [-0.15, -0.1) is 11.6 Å². The van der Waals surface area contributed by atoms with E-state index in [4.69, 9.17) is 16.3 Å². The van der Waals surface area contributed by atoms with Gasteiger partial charge in [0.15, 0.2) is 5.78 Å². The second-order valence-electron chi connectivity index (χ2n) is 4.32. The number of ether oxygens (including phenoxy) is 1. The Kier molecular flexibility index (Phi) is 4.95. The van der Waals surface area contributed by atoms with Crippen LogP contribution in [-0.2, 0) is 4.79 Å². The molecule has 0 aromatic heterocycles. The molecule has 1 N–H and O–H groups in total. The van der Waals surface area contributed by atoms with Crippen molar-refractivity contribution in [1.82, 2.24) is 0 Å². The van der Waals surface area contributed by atoms with Gasteiger partial charge in [0.2, 0.25) is 5.91 Å². The molecule has 0 unspecified atom stereocenters. The number of halogens is 1. The SMILES string of the molecule is COc1ccc(C(=O)c2ccc(NC(=O)CCl)cc2)cc1. The highest BCUT2D eigenvalue weighted by Crippen LogP contribution is 2.17. The van der Waals surface area contributed by atoms with Gasteiger partial charge in [0.25, 0.3) is 0 Å². The molecule has 2 aromatic carbocycles. The van der Waals surface area contributed by atoms with Crippen molar-refractivity contribution in [2.75, 3.05) is 18.3 Å². The Morgan fingerprint density at radius 2 is 1.52 bits per heavy atom. The fraction of sp³-hybridized carbons (Fsp3) is 0.125. The van der Waals surface area contributed by atoms with E-state index in [1.807, 2.05) is 0 Å². The average Bonchev–Trinajstić information content (AvgIpc) is 2.55. The summed E-state index contributed by atoms with van der Waals surface area (Å²) in [5, 5.41) is 2.61. The Morgan fingerprint density at radius 3 is 2.00 bits per heavy atom. The molecule has 0 aliphatic heterocycles. The second kappa shape index (κ2) is 6.90. The maximum atomic E-state index is 12.3. The van der Waals surface area contributed by atoms with E-state index >= 15 is 0 Å². The highest BCUT2D eigenvalue weighted by molar-refractivity contribution is 6.29.